The van der Waals surface area contributed by atoms with Crippen molar-refractivity contribution in [3.05, 3.63) is 60.2 Å². The van der Waals surface area contributed by atoms with Crippen LogP contribution < -0.4 is 10.5 Å². The van der Waals surface area contributed by atoms with Crippen LogP contribution in [0.15, 0.2) is 54.6 Å². The summed E-state index contributed by atoms with van der Waals surface area (Å²) >= 11 is 0. The monoisotopic (exact) mass is 261 g/mol. The van der Waals surface area contributed by atoms with Crippen LogP contribution in [0, 0.1) is 11.3 Å². The quantitative estimate of drug-likeness (QED) is 0.717. The molecule has 0 bridgehead atoms. The molecule has 1 heterocycles. The molecule has 0 aliphatic heterocycles. The van der Waals surface area contributed by atoms with Crippen molar-refractivity contribution in [2.24, 2.45) is 0 Å². The van der Waals surface area contributed by atoms with E-state index in [0.717, 1.165) is 10.9 Å². The van der Waals surface area contributed by atoms with Gasteiger partial charge in [0.1, 0.15) is 17.4 Å². The number of para-hydroxylation sites is 1. The van der Waals surface area contributed by atoms with E-state index >= 15 is 0 Å². The number of nitriles is 1. The second-order valence-electron chi connectivity index (χ2n) is 4.32. The summed E-state index contributed by atoms with van der Waals surface area (Å²) in [7, 11) is 0. The number of benzene rings is 2. The zero-order valence-electron chi connectivity index (χ0n) is 10.6. The maximum absolute atomic E-state index is 9.21. The highest BCUT2D eigenvalue weighted by atomic mass is 16.5. The van der Waals surface area contributed by atoms with Crippen LogP contribution in [0.3, 0.4) is 0 Å². The maximum atomic E-state index is 9.21. The molecular formula is C16H11N3O. The number of rotatable bonds is 2. The third-order valence-electron chi connectivity index (χ3n) is 2.90. The Hall–Kier alpha value is -3.06. The van der Waals surface area contributed by atoms with E-state index in [4.69, 9.17) is 10.5 Å². The molecule has 0 spiro atoms. The summed E-state index contributed by atoms with van der Waals surface area (Å²) in [5, 5.41) is 10.1. The first kappa shape index (κ1) is 12.0. The van der Waals surface area contributed by atoms with Gasteiger partial charge in [0.2, 0.25) is 5.88 Å². The Kier molecular flexibility index (Phi) is 2.94. The smallest absolute Gasteiger partial charge is 0.237 e. The number of aromatic nitrogens is 1. The number of nitrogens with zero attached hydrogens (tertiary/aromatic N) is 2. The lowest BCUT2D eigenvalue weighted by molar-refractivity contribution is 0.463. The van der Waals surface area contributed by atoms with E-state index in [0.29, 0.717) is 22.9 Å². The van der Waals surface area contributed by atoms with Crippen LogP contribution in [0.5, 0.6) is 11.6 Å². The van der Waals surface area contributed by atoms with E-state index < -0.39 is 0 Å². The molecule has 0 amide bonds. The minimum atomic E-state index is 0.302. The fourth-order valence-corrected chi connectivity index (χ4v) is 1.90. The number of nitrogen functional groups attached to an aromatic ring is 1. The fourth-order valence-electron chi connectivity index (χ4n) is 1.90. The summed E-state index contributed by atoms with van der Waals surface area (Å²) in [6, 6.07) is 18.4. The Labute approximate surface area is 116 Å². The molecule has 0 saturated heterocycles. The van der Waals surface area contributed by atoms with Crippen LogP contribution in [0.25, 0.3) is 10.9 Å². The molecule has 4 heteroatoms. The predicted molar refractivity (Wildman–Crippen MR) is 77.4 cm³/mol. The van der Waals surface area contributed by atoms with Crippen molar-refractivity contribution in [2.75, 3.05) is 5.73 Å². The zero-order chi connectivity index (χ0) is 13.9. The van der Waals surface area contributed by atoms with E-state index in [2.05, 4.69) is 11.1 Å². The number of hydrogen-bond acceptors (Lipinski definition) is 4. The molecule has 96 valence electrons. The van der Waals surface area contributed by atoms with Crippen molar-refractivity contribution in [3.8, 4) is 17.7 Å². The first-order chi connectivity index (χ1) is 9.76. The highest BCUT2D eigenvalue weighted by Crippen LogP contribution is 2.26. The summed E-state index contributed by atoms with van der Waals surface area (Å²) in [4.78, 5) is 4.39. The van der Waals surface area contributed by atoms with Crippen LogP contribution >= 0.6 is 0 Å². The minimum Gasteiger partial charge on any atom is -0.438 e. The molecule has 0 fully saturated rings. The van der Waals surface area contributed by atoms with E-state index in [-0.39, 0.29) is 0 Å². The van der Waals surface area contributed by atoms with Crippen molar-refractivity contribution >= 4 is 16.6 Å². The Morgan fingerprint density at radius 1 is 1.05 bits per heavy atom. The van der Waals surface area contributed by atoms with Gasteiger partial charge in [-0.1, -0.05) is 18.2 Å². The first-order valence-corrected chi connectivity index (χ1v) is 6.09. The maximum Gasteiger partial charge on any atom is 0.237 e. The topological polar surface area (TPSA) is 71.9 Å². The van der Waals surface area contributed by atoms with Crippen molar-refractivity contribution in [3.63, 3.8) is 0 Å². The van der Waals surface area contributed by atoms with Gasteiger partial charge in [-0.25, -0.2) is 4.98 Å². The Morgan fingerprint density at radius 2 is 1.80 bits per heavy atom. The van der Waals surface area contributed by atoms with Gasteiger partial charge in [-0.15, -0.1) is 0 Å². The number of nitrogens with two attached hydrogens (primary N) is 1. The highest BCUT2D eigenvalue weighted by Gasteiger charge is 2.08. The van der Waals surface area contributed by atoms with Crippen molar-refractivity contribution in [1.82, 2.24) is 4.98 Å². The van der Waals surface area contributed by atoms with Crippen LogP contribution in [0.2, 0.25) is 0 Å². The minimum absolute atomic E-state index is 0.302. The van der Waals surface area contributed by atoms with Gasteiger partial charge in [-0.3, -0.25) is 0 Å². The third-order valence-corrected chi connectivity index (χ3v) is 2.90. The lowest BCUT2D eigenvalue weighted by Crippen LogP contribution is -1.93. The second kappa shape index (κ2) is 4.90. The molecule has 2 aromatic carbocycles. The molecule has 0 atom stereocenters. The molecule has 3 aromatic rings. The van der Waals surface area contributed by atoms with E-state index in [1.165, 1.54) is 0 Å². The van der Waals surface area contributed by atoms with Gasteiger partial charge in [0.15, 0.2) is 0 Å². The average molecular weight is 261 g/mol. The van der Waals surface area contributed by atoms with Gasteiger partial charge < -0.3 is 10.5 Å². The third kappa shape index (κ3) is 2.25. The van der Waals surface area contributed by atoms with Crippen molar-refractivity contribution in [2.45, 2.75) is 0 Å². The van der Waals surface area contributed by atoms with Crippen molar-refractivity contribution < 1.29 is 4.74 Å². The van der Waals surface area contributed by atoms with Crippen LogP contribution in [0.1, 0.15) is 5.56 Å². The molecule has 0 unspecified atom stereocenters. The number of hydrogen-bond donors (Lipinski definition) is 1. The fraction of sp³-hybridized carbons (Fsp3) is 0. The lowest BCUT2D eigenvalue weighted by atomic mass is 10.1. The predicted octanol–water partition coefficient (Wildman–Crippen LogP) is 3.48. The van der Waals surface area contributed by atoms with Gasteiger partial charge in [0.05, 0.1) is 5.52 Å². The Bertz CT molecular complexity index is 804. The molecule has 0 saturated carbocycles. The molecule has 0 aliphatic carbocycles. The summed E-state index contributed by atoms with van der Waals surface area (Å²) in [6.45, 7) is 0. The molecule has 2 N–H and O–H groups in total. The van der Waals surface area contributed by atoms with Crippen LogP contribution in [0.4, 0.5) is 5.69 Å². The molecular weight excluding hydrogens is 250 g/mol. The van der Waals surface area contributed by atoms with Gasteiger partial charge in [0.25, 0.3) is 0 Å². The second-order valence-corrected chi connectivity index (χ2v) is 4.32. The van der Waals surface area contributed by atoms with Crippen molar-refractivity contribution in [1.29, 1.82) is 5.26 Å². The lowest BCUT2D eigenvalue weighted by Gasteiger charge is -2.08. The first-order valence-electron chi connectivity index (χ1n) is 6.09. The molecule has 20 heavy (non-hydrogen) atoms. The summed E-state index contributed by atoms with van der Waals surface area (Å²) < 4.78 is 5.67. The molecule has 4 nitrogen and oxygen atoms in total. The Balaban J connectivity index is 2.06. The van der Waals surface area contributed by atoms with Crippen LogP contribution in [-0.4, -0.2) is 4.98 Å². The summed E-state index contributed by atoms with van der Waals surface area (Å²) in [5.41, 5.74) is 7.48. The summed E-state index contributed by atoms with van der Waals surface area (Å²) in [6.07, 6.45) is 0. The van der Waals surface area contributed by atoms with Gasteiger partial charge in [-0.05, 0) is 36.4 Å². The normalized spacial score (nSPS) is 10.2. The number of anilines is 1. The average Bonchev–Trinajstić information content (AvgIpc) is 2.49. The van der Waals surface area contributed by atoms with E-state index in [1.807, 2.05) is 24.3 Å². The van der Waals surface area contributed by atoms with Gasteiger partial charge in [-0.2, -0.15) is 5.26 Å². The van der Waals surface area contributed by atoms with Gasteiger partial charge >= 0.3 is 0 Å². The highest BCUT2D eigenvalue weighted by molar-refractivity contribution is 5.81. The SMILES string of the molecule is N#Cc1cc2ccccc2nc1Oc1ccc(N)cc1. The number of ether oxygens (including phenoxy) is 1. The molecule has 3 rings (SSSR count). The molecule has 1 aromatic heterocycles. The number of pyridine rings is 1. The van der Waals surface area contributed by atoms with E-state index in [9.17, 15) is 5.26 Å². The van der Waals surface area contributed by atoms with Crippen LogP contribution in [-0.2, 0) is 0 Å². The Morgan fingerprint density at radius 3 is 2.55 bits per heavy atom. The standard InChI is InChI=1S/C16H11N3O/c17-10-12-9-11-3-1-2-4-15(11)19-16(12)20-14-7-5-13(18)6-8-14/h1-9H,18H2. The van der Waals surface area contributed by atoms with Gasteiger partial charge in [0, 0.05) is 11.1 Å². The summed E-state index contributed by atoms with van der Waals surface area (Å²) in [5.74, 6) is 0.898. The largest absolute Gasteiger partial charge is 0.438 e. The van der Waals surface area contributed by atoms with E-state index in [1.54, 1.807) is 30.3 Å². The molecule has 0 radical (unpaired) electrons. The molecule has 0 aliphatic rings. The zero-order valence-corrected chi connectivity index (χ0v) is 10.6. The number of fused-ring (bicyclic) bond motifs is 1.